The molecule has 0 saturated carbocycles. The first-order valence-electron chi connectivity index (χ1n) is 9.89. The molecule has 0 aliphatic carbocycles. The second-order valence-corrected chi connectivity index (χ2v) is 8.29. The summed E-state index contributed by atoms with van der Waals surface area (Å²) in [7, 11) is 1.26. The Balaban J connectivity index is 1.75. The van der Waals surface area contributed by atoms with Crippen LogP contribution < -0.4 is 10.1 Å². The number of aromatic nitrogens is 2. The van der Waals surface area contributed by atoms with Gasteiger partial charge in [0.05, 0.1) is 36.0 Å². The van der Waals surface area contributed by atoms with Crippen LogP contribution in [0.3, 0.4) is 0 Å². The van der Waals surface area contributed by atoms with Crippen molar-refractivity contribution in [3.05, 3.63) is 63.6 Å². The predicted octanol–water partition coefficient (Wildman–Crippen LogP) is 4.03. The lowest BCUT2D eigenvalue weighted by atomic mass is 10.2. The second-order valence-electron chi connectivity index (χ2n) is 7.13. The molecular weight excluding hydrogens is 475 g/mol. The molecule has 12 heteroatoms. The molecule has 1 aromatic carbocycles. The van der Waals surface area contributed by atoms with Crippen LogP contribution in [0.2, 0.25) is 0 Å². The van der Waals surface area contributed by atoms with Gasteiger partial charge in [0.1, 0.15) is 0 Å². The number of nitrogens with one attached hydrogen (secondary N) is 1. The highest BCUT2D eigenvalue weighted by atomic mass is 32.1. The molecule has 0 aliphatic rings. The van der Waals surface area contributed by atoms with Gasteiger partial charge < -0.3 is 14.8 Å². The van der Waals surface area contributed by atoms with E-state index in [0.717, 1.165) is 33.0 Å². The summed E-state index contributed by atoms with van der Waals surface area (Å²) in [4.78, 5) is 37.4. The Morgan fingerprint density at radius 2 is 1.94 bits per heavy atom. The number of rotatable bonds is 8. The van der Waals surface area contributed by atoms with E-state index in [-0.39, 0.29) is 29.6 Å². The number of carbonyl (C=O) groups is 3. The maximum Gasteiger partial charge on any atom is 0.416 e. The zero-order valence-electron chi connectivity index (χ0n) is 18.3. The molecule has 0 radical (unpaired) electrons. The van der Waals surface area contributed by atoms with Crippen LogP contribution in [-0.2, 0) is 22.3 Å². The van der Waals surface area contributed by atoms with Gasteiger partial charge in [-0.2, -0.15) is 18.3 Å². The summed E-state index contributed by atoms with van der Waals surface area (Å²) in [5.74, 6) is -1.67. The van der Waals surface area contributed by atoms with Crippen molar-refractivity contribution < 1.29 is 37.0 Å². The molecular formula is C22H20F3N3O5S. The average Bonchev–Trinajstić information content (AvgIpc) is 3.44. The third-order valence-corrected chi connectivity index (χ3v) is 5.70. The van der Waals surface area contributed by atoms with Crippen molar-refractivity contribution in [1.82, 2.24) is 15.1 Å². The van der Waals surface area contributed by atoms with Crippen LogP contribution in [0.15, 0.2) is 42.6 Å². The number of amides is 1. The molecule has 1 N–H and O–H groups in total. The molecule has 0 fully saturated rings. The van der Waals surface area contributed by atoms with Crippen LogP contribution in [0.4, 0.5) is 13.2 Å². The topological polar surface area (TPSA) is 99.5 Å². The maximum absolute atomic E-state index is 13.0. The highest BCUT2D eigenvalue weighted by molar-refractivity contribution is 7.14. The Labute approximate surface area is 196 Å². The number of halogens is 3. The van der Waals surface area contributed by atoms with Gasteiger partial charge >= 0.3 is 12.1 Å². The number of esters is 1. The van der Waals surface area contributed by atoms with E-state index in [1.54, 1.807) is 12.1 Å². The van der Waals surface area contributed by atoms with Gasteiger partial charge in [-0.3, -0.25) is 9.59 Å². The quantitative estimate of drug-likeness (QED) is 0.374. The Bertz CT molecular complexity index is 1220. The summed E-state index contributed by atoms with van der Waals surface area (Å²) in [5, 5.41) is 6.63. The Hall–Kier alpha value is -3.67. The number of ketones is 1. The molecule has 34 heavy (non-hydrogen) atoms. The van der Waals surface area contributed by atoms with Gasteiger partial charge in [0.15, 0.2) is 11.9 Å². The van der Waals surface area contributed by atoms with Crippen LogP contribution in [-0.4, -0.2) is 40.7 Å². The fourth-order valence-corrected chi connectivity index (χ4v) is 3.86. The summed E-state index contributed by atoms with van der Waals surface area (Å²) >= 11 is 1.15. The SMILES string of the molecule is COc1cn(-c2cccc(C(F)(F)F)c2)nc1C(=O)OC(C)C(=O)c1ccc(CNC(C)=O)s1. The lowest BCUT2D eigenvalue weighted by molar-refractivity contribution is -0.137. The minimum absolute atomic E-state index is 0.0317. The van der Waals surface area contributed by atoms with Gasteiger partial charge in [-0.05, 0) is 37.3 Å². The molecule has 0 saturated heterocycles. The Morgan fingerprint density at radius 1 is 1.21 bits per heavy atom. The molecule has 3 aromatic rings. The van der Waals surface area contributed by atoms with Gasteiger partial charge in [0.2, 0.25) is 17.4 Å². The first-order chi connectivity index (χ1) is 16.0. The number of thiophene rings is 1. The van der Waals surface area contributed by atoms with E-state index >= 15 is 0 Å². The molecule has 1 atom stereocenters. The zero-order chi connectivity index (χ0) is 25.0. The normalized spacial score (nSPS) is 12.2. The molecule has 0 bridgehead atoms. The second kappa shape index (κ2) is 10.1. The molecule has 1 unspecified atom stereocenters. The van der Waals surface area contributed by atoms with Crippen molar-refractivity contribution in [3.63, 3.8) is 0 Å². The summed E-state index contributed by atoms with van der Waals surface area (Å²) < 4.78 is 50.5. The van der Waals surface area contributed by atoms with Gasteiger partial charge in [0.25, 0.3) is 0 Å². The lowest BCUT2D eigenvalue weighted by Gasteiger charge is -2.11. The van der Waals surface area contributed by atoms with E-state index in [2.05, 4.69) is 10.4 Å². The number of hydrogen-bond donors (Lipinski definition) is 1. The summed E-state index contributed by atoms with van der Waals surface area (Å²) in [5.41, 5.74) is -1.12. The molecule has 0 aliphatic heterocycles. The number of nitrogens with zero attached hydrogens (tertiary/aromatic N) is 2. The predicted molar refractivity (Wildman–Crippen MR) is 116 cm³/mol. The summed E-state index contributed by atoms with van der Waals surface area (Å²) in [6.45, 7) is 3.04. The van der Waals surface area contributed by atoms with E-state index in [1.807, 2.05) is 0 Å². The Kier molecular flexibility index (Phi) is 7.40. The average molecular weight is 495 g/mol. The molecule has 2 heterocycles. The van der Waals surface area contributed by atoms with Crippen LogP contribution >= 0.6 is 11.3 Å². The third-order valence-electron chi connectivity index (χ3n) is 4.60. The smallest absolute Gasteiger partial charge is 0.416 e. The van der Waals surface area contributed by atoms with Crippen molar-refractivity contribution in [1.29, 1.82) is 0 Å². The van der Waals surface area contributed by atoms with E-state index in [4.69, 9.17) is 9.47 Å². The van der Waals surface area contributed by atoms with E-state index in [0.29, 0.717) is 4.88 Å². The number of Topliss-reactive ketones (excluding diaryl/α,β-unsaturated/α-hetero) is 1. The van der Waals surface area contributed by atoms with Crippen LogP contribution in [0, 0.1) is 0 Å². The first-order valence-corrected chi connectivity index (χ1v) is 10.7. The lowest BCUT2D eigenvalue weighted by Crippen LogP contribution is -2.24. The highest BCUT2D eigenvalue weighted by Gasteiger charge is 2.31. The largest absolute Gasteiger partial charge is 0.493 e. The minimum Gasteiger partial charge on any atom is -0.493 e. The number of ether oxygens (including phenoxy) is 2. The number of alkyl halides is 3. The third kappa shape index (κ3) is 5.81. The molecule has 0 spiro atoms. The highest BCUT2D eigenvalue weighted by Crippen LogP contribution is 2.31. The maximum atomic E-state index is 13.0. The fraction of sp³-hybridized carbons (Fsp3) is 0.273. The van der Waals surface area contributed by atoms with Gasteiger partial charge in [-0.25, -0.2) is 9.48 Å². The van der Waals surface area contributed by atoms with Crippen molar-refractivity contribution in [2.24, 2.45) is 0 Å². The monoisotopic (exact) mass is 495 g/mol. The van der Waals surface area contributed by atoms with Crippen LogP contribution in [0.25, 0.3) is 5.69 Å². The molecule has 180 valence electrons. The van der Waals surface area contributed by atoms with Crippen molar-refractivity contribution in [2.75, 3.05) is 7.11 Å². The number of benzene rings is 1. The van der Waals surface area contributed by atoms with Crippen LogP contribution in [0.5, 0.6) is 5.75 Å². The van der Waals surface area contributed by atoms with Crippen molar-refractivity contribution in [3.8, 4) is 11.4 Å². The summed E-state index contributed by atoms with van der Waals surface area (Å²) in [6, 6.07) is 7.64. The Morgan fingerprint density at radius 3 is 2.59 bits per heavy atom. The first kappa shape index (κ1) is 25.0. The van der Waals surface area contributed by atoms with Gasteiger partial charge in [-0.15, -0.1) is 11.3 Å². The van der Waals surface area contributed by atoms with E-state index in [1.165, 1.54) is 39.3 Å². The molecule has 8 nitrogen and oxygen atoms in total. The number of hydrogen-bond acceptors (Lipinski definition) is 7. The van der Waals surface area contributed by atoms with E-state index in [9.17, 15) is 27.6 Å². The number of carbonyl (C=O) groups excluding carboxylic acids is 3. The van der Waals surface area contributed by atoms with Crippen molar-refractivity contribution >= 4 is 29.0 Å². The fourth-order valence-electron chi connectivity index (χ4n) is 2.89. The standard InChI is InChI=1S/C22H20F3N3O5S/c1-12(20(30)18-8-7-16(34-18)10-26-13(2)29)33-21(31)19-17(32-3)11-28(27-19)15-6-4-5-14(9-15)22(23,24)25/h4-9,11-12H,10H2,1-3H3,(H,26,29). The molecule has 3 rings (SSSR count). The summed E-state index contributed by atoms with van der Waals surface area (Å²) in [6.07, 6.45) is -4.47. The van der Waals surface area contributed by atoms with Gasteiger partial charge in [-0.1, -0.05) is 6.07 Å². The van der Waals surface area contributed by atoms with Crippen molar-refractivity contribution in [2.45, 2.75) is 32.7 Å². The van der Waals surface area contributed by atoms with Gasteiger partial charge in [0, 0.05) is 11.8 Å². The number of methoxy groups -OCH3 is 1. The zero-order valence-corrected chi connectivity index (χ0v) is 19.1. The molecule has 2 aromatic heterocycles. The minimum atomic E-state index is -4.55. The molecule has 1 amide bonds. The van der Waals surface area contributed by atoms with E-state index < -0.39 is 29.6 Å². The van der Waals surface area contributed by atoms with Crippen LogP contribution in [0.1, 0.15) is 44.4 Å².